The van der Waals surface area contributed by atoms with E-state index in [1.807, 2.05) is 19.9 Å². The minimum absolute atomic E-state index is 0.00151. The Hall–Kier alpha value is -1.93. The molecule has 1 aromatic carbocycles. The number of hydrogen-bond donors (Lipinski definition) is 0. The zero-order valence-electron chi connectivity index (χ0n) is 21.3. The Bertz CT molecular complexity index is 1040. The molecular formula is C27H36ClN3O3S. The average molecular weight is 518 g/mol. The highest BCUT2D eigenvalue weighted by atomic mass is 35.5. The Morgan fingerprint density at radius 3 is 2.57 bits per heavy atom. The van der Waals surface area contributed by atoms with Crippen molar-refractivity contribution in [3.63, 3.8) is 0 Å². The zero-order chi connectivity index (χ0) is 25.0. The van der Waals surface area contributed by atoms with Gasteiger partial charge in [-0.3, -0.25) is 0 Å². The number of hydrogen-bond acceptors (Lipinski definition) is 7. The summed E-state index contributed by atoms with van der Waals surface area (Å²) in [7, 11) is 0. The fourth-order valence-corrected chi connectivity index (χ4v) is 5.55. The van der Waals surface area contributed by atoms with E-state index < -0.39 is 5.79 Å². The number of ether oxygens (including phenoxy) is 3. The van der Waals surface area contributed by atoms with E-state index in [2.05, 4.69) is 66.2 Å². The van der Waals surface area contributed by atoms with Crippen molar-refractivity contribution in [2.24, 2.45) is 5.92 Å². The third-order valence-corrected chi connectivity index (χ3v) is 7.76. The van der Waals surface area contributed by atoms with Crippen LogP contribution in [0.1, 0.15) is 44.7 Å². The van der Waals surface area contributed by atoms with Crippen LogP contribution in [0, 0.1) is 19.8 Å². The highest BCUT2D eigenvalue weighted by Crippen LogP contribution is 2.35. The molecule has 1 aromatic heterocycles. The zero-order valence-corrected chi connectivity index (χ0v) is 22.9. The first-order valence-electron chi connectivity index (χ1n) is 12.4. The summed E-state index contributed by atoms with van der Waals surface area (Å²) in [6.07, 6.45) is 10.5. The summed E-state index contributed by atoms with van der Waals surface area (Å²) in [5.74, 6) is 0.602. The number of benzene rings is 1. The number of anilines is 1. The van der Waals surface area contributed by atoms with E-state index in [0.29, 0.717) is 13.2 Å². The lowest BCUT2D eigenvalue weighted by atomic mass is 10.00. The first-order chi connectivity index (χ1) is 16.8. The number of allylic oxidation sites excluding steroid dienone is 3. The van der Waals surface area contributed by atoms with Crippen molar-refractivity contribution in [3.8, 4) is 16.3 Å². The largest absolute Gasteiger partial charge is 0.490 e. The van der Waals surface area contributed by atoms with E-state index in [9.17, 15) is 0 Å². The third kappa shape index (κ3) is 6.64. The van der Waals surface area contributed by atoms with Gasteiger partial charge in [0, 0.05) is 24.6 Å². The van der Waals surface area contributed by atoms with Gasteiger partial charge in [-0.2, -0.15) is 0 Å². The minimum Gasteiger partial charge on any atom is -0.490 e. The van der Waals surface area contributed by atoms with Crippen molar-refractivity contribution in [1.29, 1.82) is 0 Å². The minimum atomic E-state index is -0.544. The lowest BCUT2D eigenvalue weighted by Crippen LogP contribution is -2.33. The summed E-state index contributed by atoms with van der Waals surface area (Å²) >= 11 is 8.19. The molecule has 2 aliphatic rings. The fourth-order valence-electron chi connectivity index (χ4n) is 4.44. The quantitative estimate of drug-likeness (QED) is 0.344. The van der Waals surface area contributed by atoms with Gasteiger partial charge in [0.1, 0.15) is 23.5 Å². The molecule has 1 fully saturated rings. The maximum absolute atomic E-state index is 6.56. The number of aryl methyl sites for hydroxylation is 2. The second kappa shape index (κ2) is 11.4. The molecule has 190 valence electrons. The third-order valence-electron chi connectivity index (χ3n) is 6.26. The fraction of sp³-hybridized carbons (Fsp3) is 0.556. The van der Waals surface area contributed by atoms with Crippen molar-refractivity contribution in [2.75, 3.05) is 31.2 Å². The van der Waals surface area contributed by atoms with Crippen LogP contribution in [-0.4, -0.2) is 53.8 Å². The van der Waals surface area contributed by atoms with E-state index in [-0.39, 0.29) is 17.4 Å². The Morgan fingerprint density at radius 1 is 1.17 bits per heavy atom. The molecule has 6 nitrogen and oxygen atoms in total. The van der Waals surface area contributed by atoms with Crippen molar-refractivity contribution in [1.82, 2.24) is 10.2 Å². The van der Waals surface area contributed by atoms with Crippen molar-refractivity contribution < 1.29 is 14.2 Å². The van der Waals surface area contributed by atoms with Crippen LogP contribution in [0.2, 0.25) is 0 Å². The van der Waals surface area contributed by atoms with E-state index in [1.54, 1.807) is 11.3 Å². The standard InChI is InChI=1S/C27H36ClN3O3S/c1-6-7-12-31(15-20-10-8-9-11-23(20)28)26-30-29-25(35-26)21-13-18(2)24(19(3)14-21)32-16-22-17-33-27(4,5)34-22/h8-11,13-14,20,22-23H,6-7,12,15-17H2,1-5H3/t20?,22-,23?/m1/s1. The maximum atomic E-state index is 6.56. The van der Waals surface area contributed by atoms with E-state index in [0.717, 1.165) is 58.5 Å². The molecule has 2 heterocycles. The van der Waals surface area contributed by atoms with Crippen LogP contribution in [0.5, 0.6) is 5.75 Å². The van der Waals surface area contributed by atoms with Gasteiger partial charge in [-0.05, 0) is 57.4 Å². The number of aromatic nitrogens is 2. The summed E-state index contributed by atoms with van der Waals surface area (Å²) in [4.78, 5) is 2.33. The lowest BCUT2D eigenvalue weighted by Gasteiger charge is -2.27. The monoisotopic (exact) mass is 517 g/mol. The van der Waals surface area contributed by atoms with Gasteiger partial charge in [0.25, 0.3) is 0 Å². The molecule has 2 unspecified atom stereocenters. The summed E-state index contributed by atoms with van der Waals surface area (Å²) in [5.41, 5.74) is 3.20. The summed E-state index contributed by atoms with van der Waals surface area (Å²) in [6.45, 7) is 13.0. The number of halogens is 1. The molecule has 0 saturated carbocycles. The second-order valence-electron chi connectivity index (χ2n) is 9.77. The maximum Gasteiger partial charge on any atom is 0.208 e. The van der Waals surface area contributed by atoms with Gasteiger partial charge >= 0.3 is 0 Å². The molecule has 0 N–H and O–H groups in total. The predicted molar refractivity (Wildman–Crippen MR) is 144 cm³/mol. The molecule has 8 heteroatoms. The predicted octanol–water partition coefficient (Wildman–Crippen LogP) is 6.31. The van der Waals surface area contributed by atoms with Gasteiger partial charge in [0.15, 0.2) is 5.79 Å². The van der Waals surface area contributed by atoms with Gasteiger partial charge in [-0.25, -0.2) is 0 Å². The van der Waals surface area contributed by atoms with Crippen LogP contribution >= 0.6 is 22.9 Å². The van der Waals surface area contributed by atoms with Crippen LogP contribution in [0.3, 0.4) is 0 Å². The molecule has 0 amide bonds. The normalized spacial score (nSPS) is 23.1. The van der Waals surface area contributed by atoms with E-state index >= 15 is 0 Å². The highest BCUT2D eigenvalue weighted by Gasteiger charge is 2.33. The first kappa shape index (κ1) is 26.1. The van der Waals surface area contributed by atoms with Crippen LogP contribution in [0.25, 0.3) is 10.6 Å². The van der Waals surface area contributed by atoms with Crippen LogP contribution in [0.4, 0.5) is 5.13 Å². The Kier molecular flexibility index (Phi) is 8.53. The van der Waals surface area contributed by atoms with Crippen molar-refractivity contribution in [3.05, 3.63) is 47.6 Å². The van der Waals surface area contributed by atoms with E-state index in [4.69, 9.17) is 25.8 Å². The smallest absolute Gasteiger partial charge is 0.208 e. The lowest BCUT2D eigenvalue weighted by molar-refractivity contribution is -0.141. The number of rotatable bonds is 10. The van der Waals surface area contributed by atoms with E-state index in [1.165, 1.54) is 0 Å². The van der Waals surface area contributed by atoms with Crippen molar-refractivity contribution in [2.45, 2.75) is 64.7 Å². The molecule has 0 radical (unpaired) electrons. The molecule has 4 rings (SSSR count). The highest BCUT2D eigenvalue weighted by molar-refractivity contribution is 7.18. The summed E-state index contributed by atoms with van der Waals surface area (Å²) in [5, 5.41) is 11.0. The molecule has 1 aliphatic heterocycles. The average Bonchev–Trinajstić information content (AvgIpc) is 3.43. The molecule has 1 aliphatic carbocycles. The summed E-state index contributed by atoms with van der Waals surface area (Å²) in [6, 6.07) is 4.25. The molecule has 3 atom stereocenters. The Morgan fingerprint density at radius 2 is 1.91 bits per heavy atom. The topological polar surface area (TPSA) is 56.7 Å². The molecular weight excluding hydrogens is 482 g/mol. The van der Waals surface area contributed by atoms with Gasteiger partial charge < -0.3 is 19.1 Å². The SMILES string of the molecule is CCCCN(CC1C=CC=CC1Cl)c1nnc(-c2cc(C)c(OC[C@@H]3COC(C)(C)O3)c(C)c2)s1. The van der Waals surface area contributed by atoms with Gasteiger partial charge in [-0.1, -0.05) is 49.0 Å². The Labute approximate surface area is 217 Å². The van der Waals surface area contributed by atoms with Crippen LogP contribution < -0.4 is 9.64 Å². The Balaban J connectivity index is 1.47. The van der Waals surface area contributed by atoms with Crippen molar-refractivity contribution >= 4 is 28.1 Å². The van der Waals surface area contributed by atoms with Crippen LogP contribution in [-0.2, 0) is 9.47 Å². The van der Waals surface area contributed by atoms with Gasteiger partial charge in [0.05, 0.1) is 12.0 Å². The molecule has 35 heavy (non-hydrogen) atoms. The number of unbranched alkanes of at least 4 members (excludes halogenated alkanes) is 1. The van der Waals surface area contributed by atoms with Gasteiger partial charge in [-0.15, -0.1) is 21.8 Å². The molecule has 0 spiro atoms. The molecule has 1 saturated heterocycles. The van der Waals surface area contributed by atoms with Gasteiger partial charge in [0.2, 0.25) is 5.13 Å². The second-order valence-corrected chi connectivity index (χ2v) is 11.2. The number of nitrogens with zero attached hydrogens (tertiary/aromatic N) is 3. The van der Waals surface area contributed by atoms with Crippen LogP contribution in [0.15, 0.2) is 36.4 Å². The summed E-state index contributed by atoms with van der Waals surface area (Å²) < 4.78 is 17.7. The molecule has 2 aromatic rings. The molecule has 0 bridgehead atoms. The number of alkyl halides is 1. The first-order valence-corrected chi connectivity index (χ1v) is 13.6.